The molecule has 0 aliphatic heterocycles. The lowest BCUT2D eigenvalue weighted by atomic mass is 10.1. The monoisotopic (exact) mass is 239 g/mol. The fourth-order valence-electron chi connectivity index (χ4n) is 1.77. The highest BCUT2D eigenvalue weighted by molar-refractivity contribution is 5.69. The van der Waals surface area contributed by atoms with E-state index < -0.39 is 0 Å². The first-order valence-corrected chi connectivity index (χ1v) is 6.15. The van der Waals surface area contributed by atoms with E-state index in [9.17, 15) is 0 Å². The first-order chi connectivity index (χ1) is 8.78. The van der Waals surface area contributed by atoms with E-state index in [0.29, 0.717) is 0 Å². The zero-order chi connectivity index (χ0) is 12.8. The van der Waals surface area contributed by atoms with E-state index in [1.165, 1.54) is 16.7 Å². The van der Waals surface area contributed by atoms with Crippen LogP contribution in [0, 0.1) is 0 Å². The van der Waals surface area contributed by atoms with Crippen molar-refractivity contribution in [3.8, 4) is 0 Å². The van der Waals surface area contributed by atoms with Gasteiger partial charge in [-0.3, -0.25) is 0 Å². The Labute approximate surface area is 109 Å². The van der Waals surface area contributed by atoms with Crippen LogP contribution in [-0.2, 0) is 13.6 Å². The number of rotatable bonds is 4. The number of hydrogen-bond acceptors (Lipinski definition) is 1. The average Bonchev–Trinajstić information content (AvgIpc) is 2.40. The summed E-state index contributed by atoms with van der Waals surface area (Å²) in [7, 11) is 3.98. The zero-order valence-electron chi connectivity index (χ0n) is 10.9. The summed E-state index contributed by atoms with van der Waals surface area (Å²) in [6.07, 6.45) is 8.37. The largest absolute Gasteiger partial charge is 0.316 e. The van der Waals surface area contributed by atoms with E-state index >= 15 is 0 Å². The third-order valence-electron chi connectivity index (χ3n) is 2.83. The van der Waals surface area contributed by atoms with Crippen molar-refractivity contribution in [3.63, 3.8) is 0 Å². The van der Waals surface area contributed by atoms with Crippen molar-refractivity contribution in [2.45, 2.75) is 6.54 Å². The third-order valence-corrected chi connectivity index (χ3v) is 2.83. The summed E-state index contributed by atoms with van der Waals surface area (Å²) in [5.74, 6) is 0. The van der Waals surface area contributed by atoms with Gasteiger partial charge < -0.3 is 5.32 Å². The Kier molecular flexibility index (Phi) is 4.26. The van der Waals surface area contributed by atoms with Gasteiger partial charge in [-0.2, -0.15) is 0 Å². The molecular weight excluding hydrogens is 220 g/mol. The molecule has 0 saturated carbocycles. The first-order valence-electron chi connectivity index (χ1n) is 6.15. The molecule has 0 atom stereocenters. The topological polar surface area (TPSA) is 15.9 Å². The Morgan fingerprint density at radius 2 is 1.50 bits per heavy atom. The maximum Gasteiger partial charge on any atom is 0.169 e. The number of nitrogens with one attached hydrogen (secondary N) is 1. The average molecular weight is 239 g/mol. The van der Waals surface area contributed by atoms with Crippen LogP contribution in [0.3, 0.4) is 0 Å². The van der Waals surface area contributed by atoms with E-state index in [4.69, 9.17) is 0 Å². The van der Waals surface area contributed by atoms with Crippen molar-refractivity contribution in [3.05, 3.63) is 65.5 Å². The van der Waals surface area contributed by atoms with Gasteiger partial charge in [0.2, 0.25) is 0 Å². The van der Waals surface area contributed by atoms with Gasteiger partial charge in [0.1, 0.15) is 7.05 Å². The lowest BCUT2D eigenvalue weighted by Crippen LogP contribution is -2.25. The summed E-state index contributed by atoms with van der Waals surface area (Å²) in [5.41, 5.74) is 3.75. The maximum absolute atomic E-state index is 3.15. The Balaban J connectivity index is 2.06. The van der Waals surface area contributed by atoms with Crippen molar-refractivity contribution in [1.29, 1.82) is 0 Å². The van der Waals surface area contributed by atoms with Crippen LogP contribution in [0.15, 0.2) is 48.8 Å². The van der Waals surface area contributed by atoms with Crippen LogP contribution < -0.4 is 9.88 Å². The highest BCUT2D eigenvalue weighted by Crippen LogP contribution is 2.09. The molecule has 18 heavy (non-hydrogen) atoms. The van der Waals surface area contributed by atoms with E-state index in [1.807, 2.05) is 18.7 Å². The summed E-state index contributed by atoms with van der Waals surface area (Å²) in [5, 5.41) is 3.15. The number of aryl methyl sites for hydroxylation is 1. The standard InChI is InChI=1S/C16H19N2/c1-17-13-16-7-5-14(6-8-16)3-4-15-9-11-18(2)12-10-15/h3-12,17H,13H2,1-2H3/q+1/b4-3+. The number of pyridine rings is 1. The molecule has 0 amide bonds. The molecule has 1 heterocycles. The number of nitrogens with zero attached hydrogens (tertiary/aromatic N) is 1. The SMILES string of the molecule is CNCc1ccc(/C=C/c2cc[n+](C)cc2)cc1. The second-order valence-corrected chi connectivity index (χ2v) is 4.40. The van der Waals surface area contributed by atoms with Crippen molar-refractivity contribution in [1.82, 2.24) is 5.32 Å². The number of hydrogen-bond donors (Lipinski definition) is 1. The van der Waals surface area contributed by atoms with Crippen molar-refractivity contribution >= 4 is 12.2 Å². The summed E-state index contributed by atoms with van der Waals surface area (Å²) < 4.78 is 2.03. The summed E-state index contributed by atoms with van der Waals surface area (Å²) in [6, 6.07) is 12.8. The van der Waals surface area contributed by atoms with Gasteiger partial charge in [-0.15, -0.1) is 0 Å². The van der Waals surface area contributed by atoms with Crippen molar-refractivity contribution in [2.75, 3.05) is 7.05 Å². The molecule has 0 spiro atoms. The summed E-state index contributed by atoms with van der Waals surface area (Å²) in [4.78, 5) is 0. The highest BCUT2D eigenvalue weighted by atomic mass is 14.9. The predicted octanol–water partition coefficient (Wildman–Crippen LogP) is 2.40. The van der Waals surface area contributed by atoms with Crippen molar-refractivity contribution in [2.24, 2.45) is 7.05 Å². The zero-order valence-corrected chi connectivity index (χ0v) is 10.9. The molecule has 0 unspecified atom stereocenters. The molecular formula is C16H19N2+. The molecule has 0 aliphatic carbocycles. The van der Waals surface area contributed by atoms with Gasteiger partial charge in [-0.1, -0.05) is 36.4 Å². The molecule has 2 aromatic rings. The van der Waals surface area contributed by atoms with Gasteiger partial charge >= 0.3 is 0 Å². The molecule has 1 N–H and O–H groups in total. The Morgan fingerprint density at radius 3 is 2.06 bits per heavy atom. The van der Waals surface area contributed by atoms with Crippen LogP contribution in [0.1, 0.15) is 16.7 Å². The van der Waals surface area contributed by atoms with Crippen LogP contribution in [0.5, 0.6) is 0 Å². The Morgan fingerprint density at radius 1 is 0.944 bits per heavy atom. The van der Waals surface area contributed by atoms with Gasteiger partial charge in [-0.25, -0.2) is 4.57 Å². The minimum atomic E-state index is 0.916. The van der Waals surface area contributed by atoms with Gasteiger partial charge in [0.25, 0.3) is 0 Å². The van der Waals surface area contributed by atoms with Gasteiger partial charge in [0.05, 0.1) is 0 Å². The minimum Gasteiger partial charge on any atom is -0.316 e. The highest BCUT2D eigenvalue weighted by Gasteiger charge is 1.93. The molecule has 0 aliphatic rings. The van der Waals surface area contributed by atoms with Gasteiger partial charge in [0.15, 0.2) is 12.4 Å². The summed E-state index contributed by atoms with van der Waals surface area (Å²) in [6.45, 7) is 0.916. The second-order valence-electron chi connectivity index (χ2n) is 4.40. The van der Waals surface area contributed by atoms with Crippen LogP contribution in [0.2, 0.25) is 0 Å². The summed E-state index contributed by atoms with van der Waals surface area (Å²) >= 11 is 0. The van der Waals surface area contributed by atoms with Crippen LogP contribution in [-0.4, -0.2) is 7.05 Å². The number of aromatic nitrogens is 1. The Hall–Kier alpha value is -1.93. The lowest BCUT2D eigenvalue weighted by Gasteiger charge is -2.00. The van der Waals surface area contributed by atoms with Crippen LogP contribution in [0.25, 0.3) is 12.2 Å². The quantitative estimate of drug-likeness (QED) is 0.810. The molecule has 92 valence electrons. The fourth-order valence-corrected chi connectivity index (χ4v) is 1.77. The third kappa shape index (κ3) is 3.54. The molecule has 0 radical (unpaired) electrons. The molecule has 0 bridgehead atoms. The molecule has 1 aromatic heterocycles. The van der Waals surface area contributed by atoms with Crippen molar-refractivity contribution < 1.29 is 4.57 Å². The van der Waals surface area contributed by atoms with Crippen LogP contribution >= 0.6 is 0 Å². The molecule has 0 fully saturated rings. The van der Waals surface area contributed by atoms with E-state index in [-0.39, 0.29) is 0 Å². The minimum absolute atomic E-state index is 0.916. The normalized spacial score (nSPS) is 11.0. The van der Waals surface area contributed by atoms with Gasteiger partial charge in [0, 0.05) is 18.7 Å². The smallest absolute Gasteiger partial charge is 0.169 e. The Bertz CT molecular complexity index is 510. The van der Waals surface area contributed by atoms with E-state index in [2.05, 4.69) is 66.3 Å². The number of benzene rings is 1. The molecule has 2 heteroatoms. The molecule has 2 rings (SSSR count). The maximum atomic E-state index is 3.15. The van der Waals surface area contributed by atoms with E-state index in [0.717, 1.165) is 6.54 Å². The predicted molar refractivity (Wildman–Crippen MR) is 75.8 cm³/mol. The lowest BCUT2D eigenvalue weighted by molar-refractivity contribution is -0.671. The van der Waals surface area contributed by atoms with Gasteiger partial charge in [-0.05, 0) is 23.7 Å². The van der Waals surface area contributed by atoms with E-state index in [1.54, 1.807) is 0 Å². The first kappa shape index (κ1) is 12.5. The molecule has 2 nitrogen and oxygen atoms in total. The molecule has 0 saturated heterocycles. The fraction of sp³-hybridized carbons (Fsp3) is 0.188. The second kappa shape index (κ2) is 6.12. The van der Waals surface area contributed by atoms with Crippen LogP contribution in [0.4, 0.5) is 0 Å². The molecule has 1 aromatic carbocycles.